The van der Waals surface area contributed by atoms with Crippen molar-refractivity contribution in [3.05, 3.63) is 105 Å². The number of anilines is 1. The molecule has 30 heavy (non-hydrogen) atoms. The van der Waals surface area contributed by atoms with E-state index in [2.05, 4.69) is 22.6 Å². The van der Waals surface area contributed by atoms with Gasteiger partial charge < -0.3 is 10.4 Å². The Bertz CT molecular complexity index is 1270. The van der Waals surface area contributed by atoms with Crippen LogP contribution in [0, 0.1) is 4.77 Å². The Morgan fingerprint density at radius 2 is 1.87 bits per heavy atom. The number of aromatic hydroxyl groups is 1. The Labute approximate surface area is 178 Å². The molecule has 1 amide bonds. The van der Waals surface area contributed by atoms with E-state index in [1.54, 1.807) is 54.6 Å². The van der Waals surface area contributed by atoms with Gasteiger partial charge in [0.2, 0.25) is 5.88 Å². The first kappa shape index (κ1) is 20.8. The number of rotatable bonds is 6. The van der Waals surface area contributed by atoms with Crippen molar-refractivity contribution < 1.29 is 9.90 Å². The third-order valence-electron chi connectivity index (χ3n) is 4.23. The second-order valence-corrected chi connectivity index (χ2v) is 6.65. The molecule has 7 heteroatoms. The molecule has 1 aromatic heterocycles. The number of hydrogen-bond donors (Lipinski definition) is 3. The first-order valence-electron chi connectivity index (χ1n) is 9.06. The Morgan fingerprint density at radius 3 is 2.60 bits per heavy atom. The van der Waals surface area contributed by atoms with Crippen LogP contribution in [0.2, 0.25) is 0 Å². The van der Waals surface area contributed by atoms with E-state index in [1.807, 2.05) is 12.1 Å². The molecule has 0 saturated carbocycles. The van der Waals surface area contributed by atoms with Crippen LogP contribution >= 0.6 is 12.2 Å². The summed E-state index contributed by atoms with van der Waals surface area (Å²) in [5, 5.41) is 13.2. The Morgan fingerprint density at radius 1 is 1.17 bits per heavy atom. The summed E-state index contributed by atoms with van der Waals surface area (Å²) in [6.45, 7) is 3.86. The van der Waals surface area contributed by atoms with E-state index in [1.165, 1.54) is 10.6 Å². The average molecular weight is 417 g/mol. The van der Waals surface area contributed by atoms with E-state index in [9.17, 15) is 14.7 Å². The number of hydrogen-bond acceptors (Lipinski definition) is 4. The monoisotopic (exact) mass is 417 g/mol. The van der Waals surface area contributed by atoms with Crippen molar-refractivity contribution in [3.63, 3.8) is 0 Å². The standard InChI is InChI=1S/C23H19N3O3S/c1-2-15-26-22(29)18(21(28)25-23(26)30)13-8-12-16-9-6-7-14-19(16)24-20(27)17-10-4-3-5-11-17/h2-7,9-14,29H,1,15H2,(H,24,27)(H,25,28,30). The van der Waals surface area contributed by atoms with Gasteiger partial charge in [-0.25, -0.2) is 0 Å². The molecule has 150 valence electrons. The lowest BCUT2D eigenvalue weighted by Gasteiger charge is -2.08. The van der Waals surface area contributed by atoms with Crippen molar-refractivity contribution in [3.8, 4) is 5.88 Å². The van der Waals surface area contributed by atoms with E-state index in [0.717, 1.165) is 0 Å². The molecule has 3 N–H and O–H groups in total. The molecule has 0 spiro atoms. The molecule has 3 rings (SSSR count). The summed E-state index contributed by atoms with van der Waals surface area (Å²) < 4.78 is 1.46. The molecule has 0 saturated heterocycles. The van der Waals surface area contributed by atoms with Gasteiger partial charge in [-0.2, -0.15) is 0 Å². The summed E-state index contributed by atoms with van der Waals surface area (Å²) >= 11 is 5.06. The average Bonchev–Trinajstić information content (AvgIpc) is 2.75. The number of aromatic amines is 1. The third kappa shape index (κ3) is 4.72. The lowest BCUT2D eigenvalue weighted by Crippen LogP contribution is -2.16. The van der Waals surface area contributed by atoms with Crippen LogP contribution in [0.1, 0.15) is 21.5 Å². The van der Waals surface area contributed by atoms with E-state index in [-0.39, 0.29) is 28.7 Å². The first-order chi connectivity index (χ1) is 14.5. The summed E-state index contributed by atoms with van der Waals surface area (Å²) in [6.07, 6.45) is 4.53. The molecular formula is C23H19N3O3S. The fourth-order valence-corrected chi connectivity index (χ4v) is 2.99. The smallest absolute Gasteiger partial charge is 0.263 e. The van der Waals surface area contributed by atoms with Gasteiger partial charge in [-0.05, 0) is 42.6 Å². The molecule has 6 nitrogen and oxygen atoms in total. The largest absolute Gasteiger partial charge is 0.494 e. The molecule has 0 bridgehead atoms. The zero-order valence-electron chi connectivity index (χ0n) is 16.0. The summed E-state index contributed by atoms with van der Waals surface area (Å²) in [5.41, 5.74) is 4.20. The van der Waals surface area contributed by atoms with Gasteiger partial charge in [0, 0.05) is 23.4 Å². The van der Waals surface area contributed by atoms with E-state index < -0.39 is 5.56 Å². The topological polar surface area (TPSA) is 87.1 Å². The maximum absolute atomic E-state index is 12.4. The fourth-order valence-electron chi connectivity index (χ4n) is 2.74. The molecular weight excluding hydrogens is 398 g/mol. The van der Waals surface area contributed by atoms with Gasteiger partial charge in [0.25, 0.3) is 11.5 Å². The number of amides is 1. The van der Waals surface area contributed by atoms with Crippen molar-refractivity contribution in [2.45, 2.75) is 6.54 Å². The number of nitrogens with one attached hydrogen (secondary N) is 2. The summed E-state index contributed by atoms with van der Waals surface area (Å²) in [5.74, 6) is -0.503. The van der Waals surface area contributed by atoms with Crippen molar-refractivity contribution in [2.75, 3.05) is 5.32 Å². The van der Waals surface area contributed by atoms with Crippen molar-refractivity contribution in [1.82, 2.24) is 9.55 Å². The lowest BCUT2D eigenvalue weighted by molar-refractivity contribution is 0.102. The number of carbonyl (C=O) groups is 1. The second kappa shape index (κ2) is 9.52. The molecule has 1 heterocycles. The Hall–Kier alpha value is -3.93. The zero-order valence-corrected chi connectivity index (χ0v) is 16.8. The van der Waals surface area contributed by atoms with Crippen LogP contribution in [0.25, 0.3) is 12.2 Å². The van der Waals surface area contributed by atoms with Crippen LogP contribution in [0.3, 0.4) is 0 Å². The van der Waals surface area contributed by atoms with Gasteiger partial charge in [0.05, 0.1) is 0 Å². The number of aromatic nitrogens is 2. The Kier molecular flexibility index (Phi) is 6.60. The van der Waals surface area contributed by atoms with E-state index >= 15 is 0 Å². The van der Waals surface area contributed by atoms with Crippen molar-refractivity contribution in [1.29, 1.82) is 0 Å². The predicted octanol–water partition coefficient (Wildman–Crippen LogP) is 4.38. The van der Waals surface area contributed by atoms with Gasteiger partial charge >= 0.3 is 0 Å². The van der Waals surface area contributed by atoms with Gasteiger partial charge in [-0.1, -0.05) is 42.5 Å². The number of nitrogens with zero attached hydrogens (tertiary/aromatic N) is 1. The fraction of sp³-hybridized carbons (Fsp3) is 0.0435. The molecule has 0 aliphatic heterocycles. The summed E-state index contributed by atoms with van der Waals surface area (Å²) in [6, 6.07) is 16.1. The molecule has 0 atom stereocenters. The number of H-pyrrole nitrogens is 1. The quantitative estimate of drug-likeness (QED) is 0.316. The molecule has 0 aliphatic carbocycles. The van der Waals surface area contributed by atoms with E-state index in [4.69, 9.17) is 12.2 Å². The number of carbonyl (C=O) groups excluding carboxylic acids is 1. The summed E-state index contributed by atoms with van der Waals surface area (Å²) in [7, 11) is 0. The minimum atomic E-state index is -0.524. The van der Waals surface area contributed by atoms with Gasteiger partial charge in [-0.3, -0.25) is 19.1 Å². The SMILES string of the molecule is C=CCn1c(O)c(C=C=Cc2ccccc2NC(=O)c2ccccc2)c(=O)[nH]c1=S. The van der Waals surface area contributed by atoms with E-state index in [0.29, 0.717) is 16.8 Å². The van der Waals surface area contributed by atoms with Crippen LogP contribution in [0.4, 0.5) is 5.69 Å². The van der Waals surface area contributed by atoms with Gasteiger partial charge in [-0.15, -0.1) is 12.3 Å². The van der Waals surface area contributed by atoms with Crippen LogP contribution in [0.15, 0.2) is 77.8 Å². The maximum Gasteiger partial charge on any atom is 0.263 e. The lowest BCUT2D eigenvalue weighted by atomic mass is 10.1. The second-order valence-electron chi connectivity index (χ2n) is 6.26. The highest BCUT2D eigenvalue weighted by molar-refractivity contribution is 7.71. The molecule has 0 fully saturated rings. The highest BCUT2D eigenvalue weighted by atomic mass is 32.1. The van der Waals surface area contributed by atoms with Crippen LogP contribution in [0.5, 0.6) is 5.88 Å². The summed E-state index contributed by atoms with van der Waals surface area (Å²) in [4.78, 5) is 27.1. The Balaban J connectivity index is 1.93. The number of benzene rings is 2. The third-order valence-corrected chi connectivity index (χ3v) is 4.55. The normalized spacial score (nSPS) is 10.0. The zero-order chi connectivity index (χ0) is 21.5. The van der Waals surface area contributed by atoms with Crippen molar-refractivity contribution in [2.24, 2.45) is 0 Å². The van der Waals surface area contributed by atoms with Crippen LogP contribution in [-0.4, -0.2) is 20.6 Å². The molecule has 0 radical (unpaired) electrons. The first-order valence-corrected chi connectivity index (χ1v) is 9.47. The highest BCUT2D eigenvalue weighted by Gasteiger charge is 2.09. The number of allylic oxidation sites excluding steroid dienone is 1. The molecule has 3 aromatic rings. The minimum Gasteiger partial charge on any atom is -0.494 e. The van der Waals surface area contributed by atoms with Crippen molar-refractivity contribution >= 4 is 36.0 Å². The molecule has 0 aliphatic rings. The highest BCUT2D eigenvalue weighted by Crippen LogP contribution is 2.19. The predicted molar refractivity (Wildman–Crippen MR) is 121 cm³/mol. The minimum absolute atomic E-state index is 0.0208. The van der Waals surface area contributed by atoms with Crippen LogP contribution in [-0.2, 0) is 6.54 Å². The number of para-hydroxylation sites is 1. The molecule has 0 unspecified atom stereocenters. The van der Waals surface area contributed by atoms with Gasteiger partial charge in [0.1, 0.15) is 5.56 Å². The maximum atomic E-state index is 12.4. The van der Waals surface area contributed by atoms with Crippen LogP contribution < -0.4 is 10.9 Å². The van der Waals surface area contributed by atoms with Gasteiger partial charge in [0.15, 0.2) is 4.77 Å². The molecule has 2 aromatic carbocycles.